The zero-order chi connectivity index (χ0) is 18.3. The summed E-state index contributed by atoms with van der Waals surface area (Å²) in [4.78, 5) is 12.9. The number of carboxylic acids is 1. The Morgan fingerprint density at radius 2 is 2.04 bits per heavy atom. The first-order valence-electron chi connectivity index (χ1n) is 7.56. The molecular weight excluding hydrogens is 494 g/mol. The molecule has 0 bridgehead atoms. The summed E-state index contributed by atoms with van der Waals surface area (Å²) in [6.07, 6.45) is 0. The van der Waals surface area contributed by atoms with Crippen molar-refractivity contribution >= 4 is 74.5 Å². The molecule has 8 heteroatoms. The van der Waals surface area contributed by atoms with E-state index >= 15 is 0 Å². The lowest BCUT2D eigenvalue weighted by molar-refractivity contribution is -0.141. The van der Waals surface area contributed by atoms with Gasteiger partial charge in [-0.25, -0.2) is 0 Å². The molecule has 1 aliphatic rings. The summed E-state index contributed by atoms with van der Waals surface area (Å²) < 4.78 is 1.14. The number of likely N-dealkylation sites (N-methyl/N-ethyl adjacent to an activating group) is 1. The molecule has 1 aromatic heterocycles. The van der Waals surface area contributed by atoms with Gasteiger partial charge in [-0.2, -0.15) is 5.01 Å². The van der Waals surface area contributed by atoms with Gasteiger partial charge < -0.3 is 5.11 Å². The molecule has 0 amide bonds. The Morgan fingerprint density at radius 3 is 2.56 bits per heavy atom. The summed E-state index contributed by atoms with van der Waals surface area (Å²) in [6, 6.07) is 8.56. The Bertz CT molecular complexity index is 868. The van der Waals surface area contributed by atoms with Gasteiger partial charge in [-0.15, -0.1) is 11.3 Å². The van der Waals surface area contributed by atoms with Crippen LogP contribution < -0.4 is 5.01 Å². The van der Waals surface area contributed by atoms with Crippen LogP contribution in [0.3, 0.4) is 0 Å². The molecule has 0 aliphatic carbocycles. The van der Waals surface area contributed by atoms with Crippen LogP contribution in [0.4, 0.5) is 5.69 Å². The summed E-state index contributed by atoms with van der Waals surface area (Å²) in [5.74, 6) is -0.879. The predicted octanol–water partition coefficient (Wildman–Crippen LogP) is 5.60. The fraction of sp³-hybridized carbons (Fsp3) is 0.235. The Balaban J connectivity index is 2.23. The number of nitrogens with zero attached hydrogens (tertiary/aromatic N) is 2. The fourth-order valence-electron chi connectivity index (χ4n) is 3.05. The molecule has 2 heterocycles. The maximum absolute atomic E-state index is 11.9. The molecule has 0 fully saturated rings. The third-order valence-corrected chi connectivity index (χ3v) is 6.49. The highest BCUT2D eigenvalue weighted by Crippen LogP contribution is 2.44. The summed E-state index contributed by atoms with van der Waals surface area (Å²) >= 11 is 16.4. The molecule has 3 rings (SSSR count). The van der Waals surface area contributed by atoms with Gasteiger partial charge in [0.05, 0.1) is 24.2 Å². The smallest absolute Gasteiger partial charge is 0.327 e. The average Bonchev–Trinajstić information content (AvgIpc) is 3.08. The van der Waals surface area contributed by atoms with E-state index in [-0.39, 0.29) is 0 Å². The van der Waals surface area contributed by atoms with Crippen LogP contribution in [0.5, 0.6) is 0 Å². The molecule has 1 N–H and O–H groups in total. The average molecular weight is 509 g/mol. The summed E-state index contributed by atoms with van der Waals surface area (Å²) in [6.45, 7) is 4.33. The zero-order valence-corrected chi connectivity index (χ0v) is 17.9. The van der Waals surface area contributed by atoms with Crippen molar-refractivity contribution < 1.29 is 9.90 Å². The van der Waals surface area contributed by atoms with Crippen molar-refractivity contribution in [2.24, 2.45) is 0 Å². The van der Waals surface area contributed by atoms with Gasteiger partial charge in [-0.1, -0.05) is 30.1 Å². The zero-order valence-electron chi connectivity index (χ0n) is 13.5. The van der Waals surface area contributed by atoms with Crippen molar-refractivity contribution in [3.8, 4) is 0 Å². The topological polar surface area (TPSA) is 43.8 Å². The minimum absolute atomic E-state index is 0.480. The predicted molar refractivity (Wildman–Crippen MR) is 112 cm³/mol. The highest BCUT2D eigenvalue weighted by Gasteiger charge is 2.42. The third kappa shape index (κ3) is 3.42. The van der Waals surface area contributed by atoms with E-state index in [2.05, 4.69) is 22.6 Å². The molecule has 1 atom stereocenters. The third-order valence-electron chi connectivity index (χ3n) is 4.05. The lowest BCUT2D eigenvalue weighted by Crippen LogP contribution is -2.46. The second-order valence-corrected chi connectivity index (χ2v) is 9.36. The number of hydrogen-bond donors (Lipinski definition) is 1. The van der Waals surface area contributed by atoms with Crippen molar-refractivity contribution in [3.05, 3.63) is 53.7 Å². The summed E-state index contributed by atoms with van der Waals surface area (Å²) in [5.41, 5.74) is 2.37. The van der Waals surface area contributed by atoms with Crippen LogP contribution in [-0.2, 0) is 4.79 Å². The number of benzene rings is 1. The van der Waals surface area contributed by atoms with E-state index < -0.39 is 12.0 Å². The number of hydrazine groups is 1. The van der Waals surface area contributed by atoms with E-state index in [1.165, 1.54) is 0 Å². The van der Waals surface area contributed by atoms with Crippen molar-refractivity contribution in [3.63, 3.8) is 0 Å². The van der Waals surface area contributed by atoms with Gasteiger partial charge in [0, 0.05) is 11.6 Å². The molecule has 132 valence electrons. The lowest BCUT2D eigenvalue weighted by atomic mass is 10.1. The molecule has 0 radical (unpaired) electrons. The van der Waals surface area contributed by atoms with E-state index in [9.17, 15) is 9.90 Å². The minimum atomic E-state index is -0.879. The molecule has 1 aromatic carbocycles. The second-order valence-electron chi connectivity index (χ2n) is 5.54. The molecule has 1 unspecified atom stereocenters. The maximum atomic E-state index is 11.9. The Labute approximate surface area is 173 Å². The maximum Gasteiger partial charge on any atom is 0.327 e. The standard InChI is InChI=1S/C17H15Cl2IN2O2S/c1-3-21-16(17(23)24)9(2)15(13-6-7-14(20)25-13)22(21)12-5-4-10(18)8-11(12)19/h4-8,16H,3H2,1-2H3,(H,23,24). The highest BCUT2D eigenvalue weighted by atomic mass is 127. The summed E-state index contributed by atoms with van der Waals surface area (Å²) in [7, 11) is 0. The molecule has 0 spiro atoms. The first-order valence-corrected chi connectivity index (χ1v) is 10.2. The Kier molecular flexibility index (Phi) is 5.65. The van der Waals surface area contributed by atoms with Crippen molar-refractivity contribution in [2.45, 2.75) is 19.9 Å². The first-order chi connectivity index (χ1) is 11.8. The van der Waals surface area contributed by atoms with Gasteiger partial charge in [0.25, 0.3) is 0 Å². The van der Waals surface area contributed by atoms with E-state index in [0.717, 1.165) is 24.7 Å². The molecule has 2 aromatic rings. The van der Waals surface area contributed by atoms with Gasteiger partial charge in [0.2, 0.25) is 0 Å². The number of anilines is 1. The van der Waals surface area contributed by atoms with E-state index in [4.69, 9.17) is 23.2 Å². The van der Waals surface area contributed by atoms with E-state index in [1.807, 2.05) is 42.1 Å². The molecule has 0 saturated heterocycles. The number of halogens is 3. The largest absolute Gasteiger partial charge is 0.480 e. The van der Waals surface area contributed by atoms with Gasteiger partial charge in [-0.3, -0.25) is 9.80 Å². The van der Waals surface area contributed by atoms with Crippen molar-refractivity contribution in [1.82, 2.24) is 5.01 Å². The lowest BCUT2D eigenvalue weighted by Gasteiger charge is -2.34. The molecule has 4 nitrogen and oxygen atoms in total. The quantitative estimate of drug-likeness (QED) is 0.546. The number of carboxylic acid groups (broad SMARTS) is 1. The minimum Gasteiger partial charge on any atom is -0.480 e. The van der Waals surface area contributed by atoms with Crippen LogP contribution in [0.15, 0.2) is 35.9 Å². The number of aliphatic carboxylic acids is 1. The molecule has 1 aliphatic heterocycles. The Hall–Kier alpha value is -0.800. The van der Waals surface area contributed by atoms with Crippen LogP contribution >= 0.6 is 57.1 Å². The Morgan fingerprint density at radius 1 is 1.32 bits per heavy atom. The fourth-order valence-corrected chi connectivity index (χ4v) is 5.26. The van der Waals surface area contributed by atoms with Crippen LogP contribution in [-0.4, -0.2) is 28.7 Å². The van der Waals surface area contributed by atoms with Crippen LogP contribution in [0.2, 0.25) is 10.0 Å². The second kappa shape index (κ2) is 7.44. The summed E-state index contributed by atoms with van der Waals surface area (Å²) in [5, 5.41) is 14.5. The monoisotopic (exact) mass is 508 g/mol. The van der Waals surface area contributed by atoms with Gasteiger partial charge in [-0.05, 0) is 65.4 Å². The first kappa shape index (κ1) is 19.0. The van der Waals surface area contributed by atoms with Crippen LogP contribution in [0, 0.1) is 2.88 Å². The highest BCUT2D eigenvalue weighted by molar-refractivity contribution is 14.1. The van der Waals surface area contributed by atoms with Gasteiger partial charge in [0.1, 0.15) is 6.04 Å². The number of thiophene rings is 1. The van der Waals surface area contributed by atoms with Gasteiger partial charge >= 0.3 is 5.97 Å². The SMILES string of the molecule is CCN1C(C(=O)O)C(C)=C(c2ccc(I)s2)N1c1ccc(Cl)cc1Cl. The molecular formula is C17H15Cl2IN2O2S. The number of carbonyl (C=O) groups is 1. The van der Waals surface area contributed by atoms with Crippen molar-refractivity contribution in [2.75, 3.05) is 11.6 Å². The van der Waals surface area contributed by atoms with Gasteiger partial charge in [0.15, 0.2) is 0 Å². The number of rotatable bonds is 4. The van der Waals surface area contributed by atoms with Crippen LogP contribution in [0.25, 0.3) is 5.70 Å². The normalized spacial score (nSPS) is 18.3. The van der Waals surface area contributed by atoms with E-state index in [0.29, 0.717) is 16.6 Å². The van der Waals surface area contributed by atoms with E-state index in [1.54, 1.807) is 23.5 Å². The van der Waals surface area contributed by atoms with Crippen LogP contribution in [0.1, 0.15) is 18.7 Å². The van der Waals surface area contributed by atoms with Crippen molar-refractivity contribution in [1.29, 1.82) is 0 Å². The molecule has 0 saturated carbocycles. The number of hydrogen-bond acceptors (Lipinski definition) is 4. The molecule has 25 heavy (non-hydrogen) atoms.